The molecule has 42 heavy (non-hydrogen) atoms. The van der Waals surface area contributed by atoms with E-state index in [-0.39, 0.29) is 0 Å². The van der Waals surface area contributed by atoms with Crippen molar-refractivity contribution in [1.29, 1.82) is 0 Å². The fourth-order valence-corrected chi connectivity index (χ4v) is 7.18. The molecule has 8 heteroatoms. The number of hydrogen-bond donors (Lipinski definition) is 0. The van der Waals surface area contributed by atoms with Crippen LogP contribution in [0, 0.1) is 23.7 Å². The van der Waals surface area contributed by atoms with Crippen molar-refractivity contribution >= 4 is 23.9 Å². The number of hydrogen-bond acceptors (Lipinski definition) is 8. The zero-order valence-corrected chi connectivity index (χ0v) is 25.3. The highest BCUT2D eigenvalue weighted by atomic mass is 16.6. The van der Waals surface area contributed by atoms with E-state index in [1.165, 1.54) is 38.5 Å². The van der Waals surface area contributed by atoms with Crippen LogP contribution >= 0.6 is 0 Å². The summed E-state index contributed by atoms with van der Waals surface area (Å²) in [6.45, 7) is 5.45. The molecular formula is C34H46O8. The van der Waals surface area contributed by atoms with Crippen LogP contribution in [0.5, 0.6) is 11.5 Å². The van der Waals surface area contributed by atoms with Gasteiger partial charge in [0.15, 0.2) is 0 Å². The van der Waals surface area contributed by atoms with Crippen molar-refractivity contribution in [3.05, 3.63) is 22.3 Å². The van der Waals surface area contributed by atoms with Crippen molar-refractivity contribution in [3.8, 4) is 11.5 Å². The van der Waals surface area contributed by atoms with E-state index in [2.05, 4.69) is 13.8 Å². The smallest absolute Gasteiger partial charge is 0.317 e. The second-order valence-electron chi connectivity index (χ2n) is 12.5. The topological polar surface area (TPSA) is 105 Å². The Morgan fingerprint density at radius 2 is 0.762 bits per heavy atom. The molecule has 2 fully saturated rings. The number of unbranched alkanes of at least 4 members (excludes halogenated alkanes) is 10. The maximum Gasteiger partial charge on any atom is 0.317 e. The highest BCUT2D eigenvalue weighted by Crippen LogP contribution is 2.51. The molecule has 2 aliphatic heterocycles. The number of esters is 4. The summed E-state index contributed by atoms with van der Waals surface area (Å²) >= 11 is 0. The van der Waals surface area contributed by atoms with Crippen LogP contribution in [-0.2, 0) is 54.3 Å². The maximum absolute atomic E-state index is 12.6. The van der Waals surface area contributed by atoms with Crippen molar-refractivity contribution in [1.82, 2.24) is 0 Å². The Bertz CT molecular complexity index is 1030. The molecule has 0 N–H and O–H groups in total. The Kier molecular flexibility index (Phi) is 10.2. The molecule has 1 aromatic carbocycles. The molecule has 0 bridgehead atoms. The third-order valence-corrected chi connectivity index (χ3v) is 9.59. The first kappa shape index (κ1) is 30.6. The van der Waals surface area contributed by atoms with Crippen LogP contribution < -0.4 is 9.47 Å². The van der Waals surface area contributed by atoms with E-state index in [1.54, 1.807) is 0 Å². The lowest BCUT2D eigenvalue weighted by atomic mass is 9.70. The van der Waals surface area contributed by atoms with Gasteiger partial charge in [-0.3, -0.25) is 19.2 Å². The van der Waals surface area contributed by atoms with Crippen LogP contribution in [0.15, 0.2) is 0 Å². The van der Waals surface area contributed by atoms with Gasteiger partial charge in [-0.2, -0.15) is 0 Å². The lowest BCUT2D eigenvalue weighted by Crippen LogP contribution is -2.33. The Hall–Kier alpha value is -2.90. The molecule has 1 aromatic rings. The van der Waals surface area contributed by atoms with E-state index in [0.29, 0.717) is 50.4 Å². The van der Waals surface area contributed by atoms with E-state index in [0.717, 1.165) is 60.8 Å². The zero-order valence-electron chi connectivity index (χ0n) is 25.3. The zero-order chi connectivity index (χ0) is 29.6. The molecule has 0 aromatic heterocycles. The number of carbonyl (C=O) groups is 4. The highest BCUT2D eigenvalue weighted by molar-refractivity contribution is 5.98. The summed E-state index contributed by atoms with van der Waals surface area (Å²) in [5, 5.41) is 0. The molecule has 0 saturated carbocycles. The van der Waals surface area contributed by atoms with Crippen molar-refractivity contribution < 1.29 is 38.1 Å². The predicted octanol–water partition coefficient (Wildman–Crippen LogP) is 5.99. The molecule has 2 heterocycles. The number of ether oxygens (including phenoxy) is 4. The van der Waals surface area contributed by atoms with Crippen LogP contribution in [0.3, 0.4) is 0 Å². The fourth-order valence-electron chi connectivity index (χ4n) is 7.18. The summed E-state index contributed by atoms with van der Waals surface area (Å²) in [5.74, 6) is -2.66. The van der Waals surface area contributed by atoms with Gasteiger partial charge < -0.3 is 18.9 Å². The molecule has 5 rings (SSSR count). The van der Waals surface area contributed by atoms with Gasteiger partial charge in [-0.05, 0) is 38.5 Å². The van der Waals surface area contributed by atoms with Gasteiger partial charge in [-0.15, -0.1) is 0 Å². The molecule has 0 amide bonds. The van der Waals surface area contributed by atoms with E-state index in [1.807, 2.05) is 0 Å². The maximum atomic E-state index is 12.6. The quantitative estimate of drug-likeness (QED) is 0.133. The van der Waals surface area contributed by atoms with E-state index >= 15 is 0 Å². The number of fused-ring (bicyclic) bond motifs is 4. The molecule has 0 spiro atoms. The molecule has 230 valence electrons. The van der Waals surface area contributed by atoms with Gasteiger partial charge in [0.1, 0.15) is 11.5 Å². The highest BCUT2D eigenvalue weighted by Gasteiger charge is 2.52. The molecular weight excluding hydrogens is 536 g/mol. The number of carbonyl (C=O) groups excluding carboxylic acids is 4. The molecule has 8 nitrogen and oxygen atoms in total. The average Bonchev–Trinajstić information content (AvgIpc) is 3.42. The van der Waals surface area contributed by atoms with Crippen LogP contribution in [0.25, 0.3) is 0 Å². The van der Waals surface area contributed by atoms with E-state index in [9.17, 15) is 19.2 Å². The van der Waals surface area contributed by atoms with Gasteiger partial charge in [-0.1, -0.05) is 78.1 Å². The molecule has 2 aliphatic carbocycles. The van der Waals surface area contributed by atoms with Gasteiger partial charge in [-0.25, -0.2) is 0 Å². The molecule has 0 radical (unpaired) electrons. The largest absolute Gasteiger partial charge is 0.493 e. The predicted molar refractivity (Wildman–Crippen MR) is 155 cm³/mol. The number of cyclic esters (lactones) is 4. The first-order chi connectivity index (χ1) is 20.4. The molecule has 2 saturated heterocycles. The first-order valence-electron chi connectivity index (χ1n) is 16.4. The summed E-state index contributed by atoms with van der Waals surface area (Å²) in [4.78, 5) is 50.5. The van der Waals surface area contributed by atoms with Gasteiger partial charge in [0.2, 0.25) is 0 Å². The van der Waals surface area contributed by atoms with Crippen molar-refractivity contribution in [3.63, 3.8) is 0 Å². The molecule has 4 unspecified atom stereocenters. The third-order valence-electron chi connectivity index (χ3n) is 9.59. The van der Waals surface area contributed by atoms with Crippen LogP contribution in [-0.4, -0.2) is 37.1 Å². The Labute approximate surface area is 249 Å². The van der Waals surface area contributed by atoms with Crippen molar-refractivity contribution in [2.24, 2.45) is 23.7 Å². The summed E-state index contributed by atoms with van der Waals surface area (Å²) in [6, 6.07) is 0. The summed E-state index contributed by atoms with van der Waals surface area (Å²) in [7, 11) is 0. The van der Waals surface area contributed by atoms with Crippen molar-refractivity contribution in [2.75, 3.05) is 13.2 Å². The van der Waals surface area contributed by atoms with Gasteiger partial charge in [0, 0.05) is 22.3 Å². The standard InChI is InChI=1S/C34H46O8/c1-3-5-7-9-11-13-15-39-29-21-17-25-27(33(37)41-31(25)35)19-23(21)30(40-16-14-12-10-8-6-4-2)24-20-28-26(18-22(24)29)32(36)42-34(28)38/h25-28H,3-20H2,1-2H3. The summed E-state index contributed by atoms with van der Waals surface area (Å²) in [6.07, 6.45) is 14.9. The van der Waals surface area contributed by atoms with Crippen LogP contribution in [0.4, 0.5) is 0 Å². The lowest BCUT2D eigenvalue weighted by molar-refractivity contribution is -0.155. The van der Waals surface area contributed by atoms with E-state index < -0.39 is 47.5 Å². The minimum atomic E-state index is -0.541. The van der Waals surface area contributed by atoms with Gasteiger partial charge in [0.05, 0.1) is 36.9 Å². The van der Waals surface area contributed by atoms with Gasteiger partial charge >= 0.3 is 23.9 Å². The van der Waals surface area contributed by atoms with Gasteiger partial charge in [0.25, 0.3) is 0 Å². The molecule has 4 atom stereocenters. The second-order valence-corrected chi connectivity index (χ2v) is 12.5. The third kappa shape index (κ3) is 6.37. The summed E-state index contributed by atoms with van der Waals surface area (Å²) < 4.78 is 23.2. The molecule has 4 aliphatic rings. The summed E-state index contributed by atoms with van der Waals surface area (Å²) in [5.41, 5.74) is 3.56. The van der Waals surface area contributed by atoms with Crippen LogP contribution in [0.2, 0.25) is 0 Å². The fraction of sp³-hybridized carbons (Fsp3) is 0.706. The Morgan fingerprint density at radius 1 is 0.476 bits per heavy atom. The lowest BCUT2D eigenvalue weighted by Gasteiger charge is -2.34. The minimum Gasteiger partial charge on any atom is -0.493 e. The van der Waals surface area contributed by atoms with E-state index in [4.69, 9.17) is 18.9 Å². The number of benzene rings is 1. The first-order valence-corrected chi connectivity index (χ1v) is 16.4. The Morgan fingerprint density at radius 3 is 1.07 bits per heavy atom. The monoisotopic (exact) mass is 582 g/mol. The van der Waals surface area contributed by atoms with Crippen LogP contribution in [0.1, 0.15) is 113 Å². The normalized spacial score (nSPS) is 24.0. The van der Waals surface area contributed by atoms with Crippen molar-refractivity contribution in [2.45, 2.75) is 117 Å². The second kappa shape index (κ2) is 14.0. The Balaban J connectivity index is 1.46. The SMILES string of the molecule is CCCCCCCCOc1c2c(c(OCCCCCCCC)c3c1CC1C(=O)OC(=O)C1C3)CC1C(=O)OC(=O)C1C2. The number of rotatable bonds is 16. The average molecular weight is 583 g/mol. The minimum absolute atomic E-state index is 0.342.